The lowest BCUT2D eigenvalue weighted by molar-refractivity contribution is 0.962. The summed E-state index contributed by atoms with van der Waals surface area (Å²) in [6, 6.07) is 52.4. The van der Waals surface area contributed by atoms with Gasteiger partial charge in [-0.3, -0.25) is 4.57 Å². The van der Waals surface area contributed by atoms with E-state index in [0.29, 0.717) is 0 Å². The molecule has 2 aromatic heterocycles. The van der Waals surface area contributed by atoms with Crippen molar-refractivity contribution in [3.8, 4) is 39.3 Å². The van der Waals surface area contributed by atoms with Gasteiger partial charge in [0.05, 0.1) is 16.7 Å². The quantitative estimate of drug-likeness (QED) is 0.179. The largest absolute Gasteiger partial charge is 0.291 e. The van der Waals surface area contributed by atoms with Crippen LogP contribution in [0.4, 0.5) is 0 Å². The van der Waals surface area contributed by atoms with E-state index in [2.05, 4.69) is 162 Å². The van der Waals surface area contributed by atoms with Crippen LogP contribution in [0.25, 0.3) is 60.4 Å². The Morgan fingerprint density at radius 1 is 0.578 bits per heavy atom. The van der Waals surface area contributed by atoms with Gasteiger partial charge < -0.3 is 0 Å². The number of imidazole rings is 1. The van der Waals surface area contributed by atoms with Gasteiger partial charge in [-0.25, -0.2) is 4.98 Å². The molecule has 0 aliphatic rings. The first-order valence-corrected chi connectivity index (χ1v) is 16.4. The van der Waals surface area contributed by atoms with Crippen molar-refractivity contribution in [3.63, 3.8) is 0 Å². The second-order valence-corrected chi connectivity index (χ2v) is 12.6. The molecule has 0 unspecified atom stereocenters. The minimum Gasteiger partial charge on any atom is -0.291 e. The van der Waals surface area contributed by atoms with Gasteiger partial charge in [0.2, 0.25) is 0 Å². The molecule has 0 aliphatic heterocycles. The van der Waals surface area contributed by atoms with Crippen LogP contribution >= 0.6 is 11.3 Å². The molecule has 0 atom stereocenters. The fourth-order valence-corrected chi connectivity index (χ4v) is 7.39. The molecule has 0 N–H and O–H groups in total. The molecular formula is C42H32N2S. The summed E-state index contributed by atoms with van der Waals surface area (Å²) in [5, 5.41) is 3.55. The monoisotopic (exact) mass is 596 g/mol. The van der Waals surface area contributed by atoms with Crippen LogP contribution in [0, 0.1) is 6.92 Å². The fraction of sp³-hybridized carbons (Fsp3) is 0.0714. The second kappa shape index (κ2) is 11.7. The topological polar surface area (TPSA) is 17.8 Å². The zero-order chi connectivity index (χ0) is 30.2. The first-order valence-electron chi connectivity index (χ1n) is 15.5. The number of hydrogen-bond donors (Lipinski definition) is 0. The van der Waals surface area contributed by atoms with E-state index in [-0.39, 0.29) is 0 Å². The Kier molecular flexibility index (Phi) is 7.09. The van der Waals surface area contributed by atoms with Crippen molar-refractivity contribution in [2.45, 2.75) is 19.8 Å². The van der Waals surface area contributed by atoms with Crippen LogP contribution in [0.5, 0.6) is 0 Å². The summed E-state index contributed by atoms with van der Waals surface area (Å²) in [6.07, 6.45) is 2.02. The van der Waals surface area contributed by atoms with Gasteiger partial charge in [0.25, 0.3) is 0 Å². The third-order valence-corrected chi connectivity index (χ3v) is 9.60. The first kappa shape index (κ1) is 27.3. The number of para-hydroxylation sites is 2. The predicted octanol–water partition coefficient (Wildman–Crippen LogP) is 11.3. The minimum absolute atomic E-state index is 0.973. The van der Waals surface area contributed by atoms with Gasteiger partial charge in [-0.05, 0) is 84.0 Å². The minimum atomic E-state index is 0.973. The summed E-state index contributed by atoms with van der Waals surface area (Å²) >= 11 is 1.80. The molecule has 8 aromatic rings. The highest BCUT2D eigenvalue weighted by molar-refractivity contribution is 7.17. The van der Waals surface area contributed by atoms with Gasteiger partial charge in [-0.1, -0.05) is 109 Å². The van der Waals surface area contributed by atoms with E-state index in [1.165, 1.54) is 54.6 Å². The number of aromatic nitrogens is 2. The maximum Gasteiger partial charge on any atom is 0.147 e. The Hall–Kier alpha value is -5.25. The molecule has 3 heteroatoms. The van der Waals surface area contributed by atoms with E-state index in [0.717, 1.165) is 35.4 Å². The molecule has 0 radical (unpaired) electrons. The standard InChI is InChI=1S/C42H32N2S/c1-29-25-34(32-15-7-3-8-16-32)41(35(26-29)33-17-9-4-10-18-33)44-39-20-12-11-19-38(39)43-42(44)37-28-45-40-24-23-31(27-36(37)40)22-21-30-13-5-2-6-14-30/h2-20,23-28H,21-22H2,1H3. The van der Waals surface area contributed by atoms with Crippen molar-refractivity contribution < 1.29 is 0 Å². The summed E-state index contributed by atoms with van der Waals surface area (Å²) in [7, 11) is 0. The Labute approximate surface area is 267 Å². The van der Waals surface area contributed by atoms with E-state index in [9.17, 15) is 0 Å². The molecule has 0 saturated carbocycles. The number of nitrogens with zero attached hydrogens (tertiary/aromatic N) is 2. The van der Waals surface area contributed by atoms with Crippen molar-refractivity contribution in [2.24, 2.45) is 0 Å². The van der Waals surface area contributed by atoms with Crippen LogP contribution in [0.15, 0.2) is 151 Å². The third kappa shape index (κ3) is 5.16. The Bertz CT molecular complexity index is 2200. The molecule has 216 valence electrons. The Balaban J connectivity index is 1.38. The molecule has 0 spiro atoms. The SMILES string of the molecule is Cc1cc(-c2ccccc2)c(-n2c(-c3csc4ccc(CCc5ccccc5)cc34)nc3ccccc32)c(-c2ccccc2)c1. The third-order valence-electron chi connectivity index (χ3n) is 8.63. The highest BCUT2D eigenvalue weighted by Crippen LogP contribution is 2.43. The maximum absolute atomic E-state index is 5.37. The summed E-state index contributed by atoms with van der Waals surface area (Å²) in [5.74, 6) is 0.973. The van der Waals surface area contributed by atoms with Crippen molar-refractivity contribution in [1.29, 1.82) is 0 Å². The van der Waals surface area contributed by atoms with Crippen molar-refractivity contribution in [2.75, 3.05) is 0 Å². The van der Waals surface area contributed by atoms with Gasteiger partial charge in [-0.15, -0.1) is 11.3 Å². The average molecular weight is 597 g/mol. The lowest BCUT2D eigenvalue weighted by atomic mass is 9.93. The van der Waals surface area contributed by atoms with E-state index in [1.807, 2.05) is 0 Å². The first-order chi connectivity index (χ1) is 22.2. The normalized spacial score (nSPS) is 11.4. The average Bonchev–Trinajstić information content (AvgIpc) is 3.69. The molecule has 2 nitrogen and oxygen atoms in total. The zero-order valence-electron chi connectivity index (χ0n) is 25.2. The zero-order valence-corrected chi connectivity index (χ0v) is 26.0. The Morgan fingerprint density at radius 3 is 1.87 bits per heavy atom. The molecule has 0 saturated heterocycles. The number of rotatable bonds is 7. The Morgan fingerprint density at radius 2 is 1.18 bits per heavy atom. The van der Waals surface area contributed by atoms with E-state index < -0.39 is 0 Å². The van der Waals surface area contributed by atoms with E-state index in [1.54, 1.807) is 11.3 Å². The van der Waals surface area contributed by atoms with Gasteiger partial charge in [0, 0.05) is 32.2 Å². The van der Waals surface area contributed by atoms with Crippen LogP contribution in [-0.4, -0.2) is 9.55 Å². The molecule has 0 amide bonds. The van der Waals surface area contributed by atoms with Gasteiger partial charge in [0.15, 0.2) is 0 Å². The van der Waals surface area contributed by atoms with Gasteiger partial charge in [0.1, 0.15) is 5.82 Å². The maximum atomic E-state index is 5.37. The lowest BCUT2D eigenvalue weighted by Crippen LogP contribution is -2.03. The van der Waals surface area contributed by atoms with Gasteiger partial charge in [-0.2, -0.15) is 0 Å². The summed E-state index contributed by atoms with van der Waals surface area (Å²) < 4.78 is 3.69. The summed E-state index contributed by atoms with van der Waals surface area (Å²) in [5.41, 5.74) is 13.1. The highest BCUT2D eigenvalue weighted by Gasteiger charge is 2.23. The van der Waals surface area contributed by atoms with Crippen molar-refractivity contribution >= 4 is 32.5 Å². The van der Waals surface area contributed by atoms with Crippen LogP contribution in [0.1, 0.15) is 16.7 Å². The second-order valence-electron chi connectivity index (χ2n) is 11.7. The molecule has 45 heavy (non-hydrogen) atoms. The smallest absolute Gasteiger partial charge is 0.147 e. The number of hydrogen-bond acceptors (Lipinski definition) is 2. The van der Waals surface area contributed by atoms with Crippen molar-refractivity contribution in [1.82, 2.24) is 9.55 Å². The van der Waals surface area contributed by atoms with E-state index in [4.69, 9.17) is 4.98 Å². The van der Waals surface area contributed by atoms with Crippen molar-refractivity contribution in [3.05, 3.63) is 168 Å². The number of fused-ring (bicyclic) bond motifs is 2. The molecule has 0 fully saturated rings. The number of benzene rings is 6. The molecule has 8 rings (SSSR count). The molecule has 2 heterocycles. The lowest BCUT2D eigenvalue weighted by Gasteiger charge is -2.20. The predicted molar refractivity (Wildman–Crippen MR) is 191 cm³/mol. The van der Waals surface area contributed by atoms with Crippen LogP contribution in [-0.2, 0) is 12.8 Å². The summed E-state index contributed by atoms with van der Waals surface area (Å²) in [6.45, 7) is 2.19. The molecular weight excluding hydrogens is 565 g/mol. The highest BCUT2D eigenvalue weighted by atomic mass is 32.1. The molecule has 0 bridgehead atoms. The summed E-state index contributed by atoms with van der Waals surface area (Å²) in [4.78, 5) is 5.37. The van der Waals surface area contributed by atoms with Gasteiger partial charge >= 0.3 is 0 Å². The van der Waals surface area contributed by atoms with Crippen LogP contribution in [0.3, 0.4) is 0 Å². The molecule has 0 aliphatic carbocycles. The number of aryl methyl sites for hydroxylation is 3. The van der Waals surface area contributed by atoms with E-state index >= 15 is 0 Å². The fourth-order valence-electron chi connectivity index (χ4n) is 6.47. The molecule has 6 aromatic carbocycles. The van der Waals surface area contributed by atoms with Crippen LogP contribution < -0.4 is 0 Å². The van der Waals surface area contributed by atoms with Crippen LogP contribution in [0.2, 0.25) is 0 Å². The number of thiophene rings is 1.